The van der Waals surface area contributed by atoms with Crippen LogP contribution in [0.5, 0.6) is 5.75 Å². The van der Waals surface area contributed by atoms with E-state index in [1.54, 1.807) is 43.0 Å². The van der Waals surface area contributed by atoms with Gasteiger partial charge in [-0.05, 0) is 18.2 Å². The van der Waals surface area contributed by atoms with Crippen LogP contribution in [0.2, 0.25) is 0 Å². The number of pyridine rings is 1. The highest BCUT2D eigenvalue weighted by Crippen LogP contribution is 2.19. The molecule has 0 aromatic carbocycles. The highest BCUT2D eigenvalue weighted by Gasteiger charge is 2.07. The number of amides is 1. The minimum atomic E-state index is -0.180. The van der Waals surface area contributed by atoms with Crippen molar-refractivity contribution in [2.75, 3.05) is 13.2 Å². The summed E-state index contributed by atoms with van der Waals surface area (Å²) in [6, 6.07) is 5.27. The topological polar surface area (TPSA) is 89.9 Å². The van der Waals surface area contributed by atoms with Gasteiger partial charge in [0.15, 0.2) is 17.4 Å². The van der Waals surface area contributed by atoms with Gasteiger partial charge in [0.1, 0.15) is 5.75 Å². The average molecular weight is 341 g/mol. The maximum atomic E-state index is 11.7. The number of carbonyl (C=O) groups is 1. The largest absolute Gasteiger partial charge is 0.482 e. The van der Waals surface area contributed by atoms with Crippen LogP contribution < -0.4 is 10.1 Å². The number of ether oxygens (including phenoxy) is 1. The van der Waals surface area contributed by atoms with E-state index < -0.39 is 0 Å². The highest BCUT2D eigenvalue weighted by molar-refractivity contribution is 7.13. The van der Waals surface area contributed by atoms with Crippen LogP contribution in [0.3, 0.4) is 0 Å². The van der Waals surface area contributed by atoms with E-state index in [1.165, 1.54) is 11.3 Å². The molecule has 7 nitrogen and oxygen atoms in total. The molecular formula is C16H15N5O2S. The summed E-state index contributed by atoms with van der Waals surface area (Å²) >= 11 is 1.49. The molecular weight excluding hydrogens is 326 g/mol. The first kappa shape index (κ1) is 16.0. The lowest BCUT2D eigenvalue weighted by Gasteiger charge is -2.06. The number of rotatable bonds is 7. The number of hydrogen-bond donors (Lipinski definition) is 1. The van der Waals surface area contributed by atoms with Gasteiger partial charge in [0.25, 0.3) is 5.91 Å². The molecule has 24 heavy (non-hydrogen) atoms. The third-order valence-corrected chi connectivity index (χ3v) is 3.90. The van der Waals surface area contributed by atoms with E-state index in [9.17, 15) is 4.79 Å². The van der Waals surface area contributed by atoms with E-state index in [2.05, 4.69) is 25.3 Å². The summed E-state index contributed by atoms with van der Waals surface area (Å²) in [5.41, 5.74) is 0.899. The Kier molecular flexibility index (Phi) is 5.41. The Morgan fingerprint density at radius 1 is 1.21 bits per heavy atom. The second kappa shape index (κ2) is 8.11. The van der Waals surface area contributed by atoms with Crippen molar-refractivity contribution in [1.82, 2.24) is 25.3 Å². The summed E-state index contributed by atoms with van der Waals surface area (Å²) in [6.45, 7) is 0.458. The summed E-state index contributed by atoms with van der Waals surface area (Å²) in [5, 5.41) is 5.52. The molecule has 0 bridgehead atoms. The summed E-state index contributed by atoms with van der Waals surface area (Å²) in [5.74, 6) is 1.00. The molecule has 0 unspecified atom stereocenters. The van der Waals surface area contributed by atoms with Crippen LogP contribution in [-0.2, 0) is 11.2 Å². The molecule has 0 fully saturated rings. The van der Waals surface area contributed by atoms with Gasteiger partial charge in [-0.15, -0.1) is 11.3 Å². The summed E-state index contributed by atoms with van der Waals surface area (Å²) in [6.07, 6.45) is 7.23. The van der Waals surface area contributed by atoms with Gasteiger partial charge in [0, 0.05) is 36.9 Å². The molecule has 1 N–H and O–H groups in total. The van der Waals surface area contributed by atoms with Crippen molar-refractivity contribution in [3.63, 3.8) is 0 Å². The van der Waals surface area contributed by atoms with Crippen molar-refractivity contribution in [1.29, 1.82) is 0 Å². The normalized spacial score (nSPS) is 10.3. The Balaban J connectivity index is 1.42. The van der Waals surface area contributed by atoms with Crippen molar-refractivity contribution < 1.29 is 9.53 Å². The van der Waals surface area contributed by atoms with Crippen LogP contribution in [0.1, 0.15) is 5.69 Å². The third-order valence-electron chi connectivity index (χ3n) is 3.02. The number of thiazole rings is 1. The molecule has 0 spiro atoms. The van der Waals surface area contributed by atoms with Crippen LogP contribution in [0, 0.1) is 0 Å². The maximum Gasteiger partial charge on any atom is 0.257 e. The van der Waals surface area contributed by atoms with E-state index in [0.717, 1.165) is 10.7 Å². The highest BCUT2D eigenvalue weighted by atomic mass is 32.1. The first-order chi connectivity index (χ1) is 11.8. The molecule has 0 saturated heterocycles. The van der Waals surface area contributed by atoms with Gasteiger partial charge in [-0.1, -0.05) is 0 Å². The van der Waals surface area contributed by atoms with Crippen molar-refractivity contribution in [3.8, 4) is 16.6 Å². The van der Waals surface area contributed by atoms with E-state index in [4.69, 9.17) is 4.74 Å². The molecule has 3 rings (SSSR count). The van der Waals surface area contributed by atoms with Crippen molar-refractivity contribution >= 4 is 17.2 Å². The minimum Gasteiger partial charge on any atom is -0.482 e. The van der Waals surface area contributed by atoms with Gasteiger partial charge in [-0.2, -0.15) is 0 Å². The monoisotopic (exact) mass is 341 g/mol. The Morgan fingerprint density at radius 3 is 2.88 bits per heavy atom. The van der Waals surface area contributed by atoms with E-state index in [0.29, 0.717) is 24.5 Å². The van der Waals surface area contributed by atoms with Crippen LogP contribution in [0.25, 0.3) is 10.8 Å². The predicted octanol–water partition coefficient (Wildman–Crippen LogP) is 1.73. The lowest BCUT2D eigenvalue weighted by atomic mass is 10.3. The zero-order chi connectivity index (χ0) is 16.6. The molecule has 1 amide bonds. The van der Waals surface area contributed by atoms with Crippen molar-refractivity contribution in [2.45, 2.75) is 6.42 Å². The predicted molar refractivity (Wildman–Crippen MR) is 89.6 cm³/mol. The third kappa shape index (κ3) is 4.56. The fraction of sp³-hybridized carbons (Fsp3) is 0.188. The molecule has 0 aliphatic carbocycles. The van der Waals surface area contributed by atoms with Crippen molar-refractivity contribution in [2.24, 2.45) is 0 Å². The van der Waals surface area contributed by atoms with Gasteiger partial charge in [-0.25, -0.2) is 15.0 Å². The lowest BCUT2D eigenvalue weighted by molar-refractivity contribution is -0.123. The average Bonchev–Trinajstić information content (AvgIpc) is 3.11. The number of hydrogen-bond acceptors (Lipinski definition) is 7. The Hall–Kier alpha value is -2.87. The second-order valence-corrected chi connectivity index (χ2v) is 5.65. The quantitative estimate of drug-likeness (QED) is 0.704. The first-order valence-corrected chi connectivity index (χ1v) is 8.20. The Bertz CT molecular complexity index is 779. The zero-order valence-corrected chi connectivity index (χ0v) is 13.6. The smallest absolute Gasteiger partial charge is 0.257 e. The molecule has 3 aromatic heterocycles. The number of nitrogens with zero attached hydrogens (tertiary/aromatic N) is 4. The Morgan fingerprint density at radius 2 is 2.08 bits per heavy atom. The molecule has 3 aromatic rings. The standard InChI is InChI=1S/C16H15N5O2S/c22-14(10-23-13-3-1-5-17-9-13)18-8-4-12-11-24-16(21-12)15-19-6-2-7-20-15/h1-3,5-7,9,11H,4,8,10H2,(H,18,22). The molecule has 0 aliphatic heterocycles. The van der Waals surface area contributed by atoms with Crippen LogP contribution >= 0.6 is 11.3 Å². The minimum absolute atomic E-state index is 0.0358. The molecule has 122 valence electrons. The van der Waals surface area contributed by atoms with Crippen LogP contribution in [-0.4, -0.2) is 39.0 Å². The van der Waals surface area contributed by atoms with Gasteiger partial charge in [0.2, 0.25) is 0 Å². The van der Waals surface area contributed by atoms with Crippen molar-refractivity contribution in [3.05, 3.63) is 54.1 Å². The molecule has 0 atom stereocenters. The summed E-state index contributed by atoms with van der Waals surface area (Å²) in [4.78, 5) is 28.5. The number of nitrogens with one attached hydrogen (secondary N) is 1. The van der Waals surface area contributed by atoms with Gasteiger partial charge >= 0.3 is 0 Å². The zero-order valence-electron chi connectivity index (χ0n) is 12.8. The molecule has 0 saturated carbocycles. The number of carbonyl (C=O) groups excluding carboxylic acids is 1. The summed E-state index contributed by atoms with van der Waals surface area (Å²) < 4.78 is 5.33. The fourth-order valence-corrected chi connectivity index (χ4v) is 2.70. The first-order valence-electron chi connectivity index (χ1n) is 7.32. The van der Waals surface area contributed by atoms with Gasteiger partial charge in [0.05, 0.1) is 11.9 Å². The van der Waals surface area contributed by atoms with Crippen LogP contribution in [0.15, 0.2) is 48.4 Å². The molecule has 3 heterocycles. The number of aromatic nitrogens is 4. The molecule has 0 radical (unpaired) electrons. The Labute approximate surface area is 142 Å². The maximum absolute atomic E-state index is 11.7. The molecule has 8 heteroatoms. The van der Waals surface area contributed by atoms with Crippen LogP contribution in [0.4, 0.5) is 0 Å². The van der Waals surface area contributed by atoms with Gasteiger partial charge in [-0.3, -0.25) is 9.78 Å². The van der Waals surface area contributed by atoms with E-state index in [1.807, 2.05) is 5.38 Å². The van der Waals surface area contributed by atoms with E-state index >= 15 is 0 Å². The lowest BCUT2D eigenvalue weighted by Crippen LogP contribution is -2.30. The molecule has 0 aliphatic rings. The van der Waals surface area contributed by atoms with Gasteiger partial charge < -0.3 is 10.1 Å². The SMILES string of the molecule is O=C(COc1cccnc1)NCCc1csc(-c2ncccn2)n1. The van der Waals surface area contributed by atoms with E-state index in [-0.39, 0.29) is 12.5 Å². The fourth-order valence-electron chi connectivity index (χ4n) is 1.90. The summed E-state index contributed by atoms with van der Waals surface area (Å²) in [7, 11) is 0. The second-order valence-electron chi connectivity index (χ2n) is 4.79.